The summed E-state index contributed by atoms with van der Waals surface area (Å²) in [6, 6.07) is -1.00. The summed E-state index contributed by atoms with van der Waals surface area (Å²) in [4.78, 5) is 34.2. The number of Topliss-reactive ketones (excluding diaryl/α,β-unsaturated/α-hetero) is 1. The van der Waals surface area contributed by atoms with Crippen LogP contribution < -0.4 is 5.32 Å². The van der Waals surface area contributed by atoms with Crippen molar-refractivity contribution >= 4 is 17.8 Å². The fourth-order valence-corrected chi connectivity index (χ4v) is 1.16. The molecule has 0 fully saturated rings. The second-order valence-electron chi connectivity index (χ2n) is 4.82. The maximum Gasteiger partial charge on any atom is 0.408 e. The Kier molecular flexibility index (Phi) is 6.36. The number of rotatable bonds is 5. The van der Waals surface area contributed by atoms with Crippen molar-refractivity contribution in [1.82, 2.24) is 5.32 Å². The summed E-state index contributed by atoms with van der Waals surface area (Å²) in [7, 11) is 1.20. The number of alkyl carbamates (subject to hydrolysis) is 1. The van der Waals surface area contributed by atoms with Gasteiger partial charge in [0.2, 0.25) is 0 Å². The molecule has 0 aliphatic rings. The maximum atomic E-state index is 11.5. The first-order valence-corrected chi connectivity index (χ1v) is 5.78. The lowest BCUT2D eigenvalue weighted by atomic mass is 10.1. The monoisotopic (exact) mass is 259 g/mol. The van der Waals surface area contributed by atoms with Crippen molar-refractivity contribution in [2.45, 2.75) is 52.2 Å². The highest BCUT2D eigenvalue weighted by Crippen LogP contribution is 2.08. The van der Waals surface area contributed by atoms with Gasteiger partial charge in [0.25, 0.3) is 0 Å². The number of nitrogens with one attached hydrogen (secondary N) is 1. The third-order valence-electron chi connectivity index (χ3n) is 2.00. The lowest BCUT2D eigenvalue weighted by molar-refractivity contribution is -0.144. The number of ether oxygens (including phenoxy) is 2. The molecule has 6 nitrogen and oxygen atoms in total. The summed E-state index contributed by atoms with van der Waals surface area (Å²) >= 11 is 0. The lowest BCUT2D eigenvalue weighted by Crippen LogP contribution is -2.45. The molecule has 0 aromatic carbocycles. The number of carbonyl (C=O) groups is 3. The van der Waals surface area contributed by atoms with Crippen molar-refractivity contribution < 1.29 is 23.9 Å². The highest BCUT2D eigenvalue weighted by Gasteiger charge is 2.26. The van der Waals surface area contributed by atoms with Gasteiger partial charge < -0.3 is 14.8 Å². The van der Waals surface area contributed by atoms with Crippen LogP contribution in [0.15, 0.2) is 0 Å². The number of amides is 1. The third-order valence-corrected chi connectivity index (χ3v) is 2.00. The van der Waals surface area contributed by atoms with Gasteiger partial charge in [-0.3, -0.25) is 4.79 Å². The van der Waals surface area contributed by atoms with Crippen LogP contribution in [0.1, 0.15) is 40.5 Å². The van der Waals surface area contributed by atoms with E-state index in [0.29, 0.717) is 6.42 Å². The number of esters is 1. The van der Waals surface area contributed by atoms with Gasteiger partial charge in [-0.15, -0.1) is 0 Å². The SMILES string of the molecule is CCC(=O)C[C@@H](NC(=O)OC(C)(C)C)C(=O)OC. The summed E-state index contributed by atoms with van der Waals surface area (Å²) in [5.74, 6) is -0.802. The van der Waals surface area contributed by atoms with Crippen LogP contribution in [-0.4, -0.2) is 36.6 Å². The molecule has 1 N–H and O–H groups in total. The minimum Gasteiger partial charge on any atom is -0.467 e. The molecule has 0 bridgehead atoms. The molecule has 1 atom stereocenters. The minimum absolute atomic E-state index is 0.0948. The van der Waals surface area contributed by atoms with E-state index in [1.807, 2.05) is 0 Å². The average Bonchev–Trinajstić information content (AvgIpc) is 2.24. The van der Waals surface area contributed by atoms with Gasteiger partial charge in [0.1, 0.15) is 17.4 Å². The van der Waals surface area contributed by atoms with Gasteiger partial charge in [-0.25, -0.2) is 9.59 Å². The summed E-state index contributed by atoms with van der Waals surface area (Å²) in [6.45, 7) is 6.80. The number of hydrogen-bond donors (Lipinski definition) is 1. The van der Waals surface area contributed by atoms with Gasteiger partial charge in [-0.2, -0.15) is 0 Å². The summed E-state index contributed by atoms with van der Waals surface area (Å²) < 4.78 is 9.54. The molecule has 0 saturated heterocycles. The van der Waals surface area contributed by atoms with Gasteiger partial charge in [0.05, 0.1) is 7.11 Å². The fourth-order valence-electron chi connectivity index (χ4n) is 1.16. The highest BCUT2D eigenvalue weighted by atomic mass is 16.6. The van der Waals surface area contributed by atoms with Crippen LogP contribution in [0.2, 0.25) is 0 Å². The molecule has 0 aliphatic carbocycles. The molecule has 0 radical (unpaired) electrons. The molecule has 0 spiro atoms. The summed E-state index contributed by atoms with van der Waals surface area (Å²) in [5.41, 5.74) is -0.667. The zero-order chi connectivity index (χ0) is 14.3. The Bertz CT molecular complexity index is 319. The van der Waals surface area contributed by atoms with Crippen LogP contribution in [0.4, 0.5) is 4.79 Å². The molecule has 0 aliphatic heterocycles. The molecule has 6 heteroatoms. The molecule has 1 amide bonds. The predicted molar refractivity (Wildman–Crippen MR) is 65.1 cm³/mol. The largest absolute Gasteiger partial charge is 0.467 e. The van der Waals surface area contributed by atoms with E-state index in [4.69, 9.17) is 4.74 Å². The molecule has 0 rings (SSSR count). The number of carbonyl (C=O) groups excluding carboxylic acids is 3. The van der Waals surface area contributed by atoms with Crippen LogP contribution in [0.25, 0.3) is 0 Å². The van der Waals surface area contributed by atoms with Gasteiger partial charge in [-0.05, 0) is 20.8 Å². The molecule has 0 unspecified atom stereocenters. The molecule has 0 aromatic heterocycles. The van der Waals surface area contributed by atoms with E-state index in [9.17, 15) is 14.4 Å². The summed E-state index contributed by atoms with van der Waals surface area (Å²) in [6.07, 6.45) is -0.548. The Hall–Kier alpha value is -1.59. The molecular formula is C12H21NO5. The minimum atomic E-state index is -1.00. The van der Waals surface area contributed by atoms with Crippen LogP contribution in [0.3, 0.4) is 0 Å². The second kappa shape index (κ2) is 6.98. The molecule has 0 heterocycles. The first-order valence-electron chi connectivity index (χ1n) is 5.78. The zero-order valence-corrected chi connectivity index (χ0v) is 11.5. The van der Waals surface area contributed by atoms with E-state index in [2.05, 4.69) is 10.1 Å². The Labute approximate surface area is 107 Å². The van der Waals surface area contributed by atoms with Crippen molar-refractivity contribution in [2.24, 2.45) is 0 Å². The lowest BCUT2D eigenvalue weighted by Gasteiger charge is -2.22. The molecule has 0 saturated carbocycles. The highest BCUT2D eigenvalue weighted by molar-refractivity contribution is 5.88. The standard InChI is InChI=1S/C12H21NO5/c1-6-8(14)7-9(10(15)17-5)13-11(16)18-12(2,3)4/h9H,6-7H2,1-5H3,(H,13,16)/t9-/m1/s1. The normalized spacial score (nSPS) is 12.5. The van der Waals surface area contributed by atoms with E-state index in [1.54, 1.807) is 27.7 Å². The van der Waals surface area contributed by atoms with Crippen molar-refractivity contribution in [1.29, 1.82) is 0 Å². The average molecular weight is 259 g/mol. The third kappa shape index (κ3) is 6.88. The number of ketones is 1. The van der Waals surface area contributed by atoms with Gasteiger partial charge in [-0.1, -0.05) is 6.92 Å². The Morgan fingerprint density at radius 1 is 1.22 bits per heavy atom. The van der Waals surface area contributed by atoms with Crippen molar-refractivity contribution in [3.8, 4) is 0 Å². The number of methoxy groups -OCH3 is 1. The van der Waals surface area contributed by atoms with E-state index >= 15 is 0 Å². The van der Waals surface area contributed by atoms with Crippen molar-refractivity contribution in [3.63, 3.8) is 0 Å². The maximum absolute atomic E-state index is 11.5. The number of hydrogen-bond acceptors (Lipinski definition) is 5. The van der Waals surface area contributed by atoms with Crippen LogP contribution in [-0.2, 0) is 19.1 Å². The first-order chi connectivity index (χ1) is 8.19. The van der Waals surface area contributed by atoms with Crippen molar-refractivity contribution in [3.05, 3.63) is 0 Å². The Morgan fingerprint density at radius 3 is 2.17 bits per heavy atom. The Morgan fingerprint density at radius 2 is 1.78 bits per heavy atom. The van der Waals surface area contributed by atoms with E-state index < -0.39 is 23.7 Å². The Balaban J connectivity index is 4.55. The topological polar surface area (TPSA) is 81.7 Å². The van der Waals surface area contributed by atoms with Crippen LogP contribution >= 0.6 is 0 Å². The first kappa shape index (κ1) is 16.4. The van der Waals surface area contributed by atoms with Crippen LogP contribution in [0, 0.1) is 0 Å². The molecule has 0 aromatic rings. The van der Waals surface area contributed by atoms with E-state index in [-0.39, 0.29) is 12.2 Å². The van der Waals surface area contributed by atoms with E-state index in [1.165, 1.54) is 7.11 Å². The molecule has 18 heavy (non-hydrogen) atoms. The molecular weight excluding hydrogens is 238 g/mol. The quantitative estimate of drug-likeness (QED) is 0.755. The van der Waals surface area contributed by atoms with E-state index in [0.717, 1.165) is 0 Å². The second-order valence-corrected chi connectivity index (χ2v) is 4.82. The fraction of sp³-hybridized carbons (Fsp3) is 0.750. The van der Waals surface area contributed by atoms with Gasteiger partial charge in [0, 0.05) is 12.8 Å². The van der Waals surface area contributed by atoms with Crippen LogP contribution in [0.5, 0.6) is 0 Å². The summed E-state index contributed by atoms with van der Waals surface area (Å²) in [5, 5.41) is 2.33. The molecule has 104 valence electrons. The predicted octanol–water partition coefficient (Wildman–Crippen LogP) is 1.42. The smallest absolute Gasteiger partial charge is 0.408 e. The van der Waals surface area contributed by atoms with Gasteiger partial charge >= 0.3 is 12.1 Å². The van der Waals surface area contributed by atoms with Gasteiger partial charge in [0.15, 0.2) is 0 Å². The van der Waals surface area contributed by atoms with Crippen molar-refractivity contribution in [2.75, 3.05) is 7.11 Å². The zero-order valence-electron chi connectivity index (χ0n) is 11.5.